The highest BCUT2D eigenvalue weighted by Crippen LogP contribution is 2.37. The second-order valence-corrected chi connectivity index (χ2v) is 11.3. The zero-order valence-corrected chi connectivity index (χ0v) is 24.4. The van der Waals surface area contributed by atoms with E-state index in [2.05, 4.69) is 15.6 Å². The molecule has 6 rings (SSSR count). The smallest absolute Gasteiger partial charge is 0.262 e. The van der Waals surface area contributed by atoms with E-state index >= 15 is 0 Å². The van der Waals surface area contributed by atoms with Gasteiger partial charge in [0.1, 0.15) is 5.65 Å². The zero-order chi connectivity index (χ0) is 30.1. The summed E-state index contributed by atoms with van der Waals surface area (Å²) in [7, 11) is 1.58. The third-order valence-corrected chi connectivity index (χ3v) is 8.53. The molecular formula is C31H32ClN7O4. The zero-order valence-electron chi connectivity index (χ0n) is 23.7. The standard InChI is InChI=1S/C31H32ClN7O4/c1-43-30-19(14-34-16-21-6-8-27(40)36-21)5-7-24(37-30)23-4-2-3-22(28(23)32)18-9-12-39-26(13-18)35-15-20(31(39)42)17-38-11-10-25(38)29(33)41/h2-5,7,9,12-13,15,21,25,34H,6,8,10-11,14,16-17H2,1H3,(H2,33,41)(H,36,40)/t21-,25?/m0/s1. The van der Waals surface area contributed by atoms with Gasteiger partial charge in [-0.2, -0.15) is 0 Å². The summed E-state index contributed by atoms with van der Waals surface area (Å²) < 4.78 is 7.09. The van der Waals surface area contributed by atoms with E-state index in [1.807, 2.05) is 47.4 Å². The fraction of sp³-hybridized carbons (Fsp3) is 0.323. The van der Waals surface area contributed by atoms with Gasteiger partial charge in [0, 0.05) is 67.7 Å². The molecule has 5 heterocycles. The van der Waals surface area contributed by atoms with Crippen molar-refractivity contribution in [3.8, 4) is 28.3 Å². The summed E-state index contributed by atoms with van der Waals surface area (Å²) in [5, 5.41) is 6.84. The molecule has 1 unspecified atom stereocenters. The summed E-state index contributed by atoms with van der Waals surface area (Å²) in [6.45, 7) is 2.26. The molecule has 2 fully saturated rings. The van der Waals surface area contributed by atoms with Crippen LogP contribution in [0.3, 0.4) is 0 Å². The third kappa shape index (κ3) is 5.83. The summed E-state index contributed by atoms with van der Waals surface area (Å²) in [6, 6.07) is 13.0. The quantitative estimate of drug-likeness (QED) is 0.252. The number of amides is 2. The van der Waals surface area contributed by atoms with E-state index < -0.39 is 0 Å². The van der Waals surface area contributed by atoms with Gasteiger partial charge in [0.15, 0.2) is 0 Å². The molecule has 2 amide bonds. The maximum absolute atomic E-state index is 13.2. The Morgan fingerprint density at radius 3 is 2.72 bits per heavy atom. The molecule has 3 aromatic heterocycles. The average molecular weight is 602 g/mol. The van der Waals surface area contributed by atoms with Crippen LogP contribution in [0.15, 0.2) is 59.7 Å². The number of rotatable bonds is 10. The molecule has 0 spiro atoms. The Kier molecular flexibility index (Phi) is 8.11. The highest BCUT2D eigenvalue weighted by molar-refractivity contribution is 6.36. The van der Waals surface area contributed by atoms with E-state index in [0.29, 0.717) is 66.8 Å². The van der Waals surface area contributed by atoms with Crippen molar-refractivity contribution in [2.75, 3.05) is 20.2 Å². The number of hydrogen-bond donors (Lipinski definition) is 3. The van der Waals surface area contributed by atoms with Gasteiger partial charge >= 0.3 is 0 Å². The number of likely N-dealkylation sites (tertiary alicyclic amines) is 1. The van der Waals surface area contributed by atoms with Crippen LogP contribution in [-0.2, 0) is 22.7 Å². The first-order valence-corrected chi connectivity index (χ1v) is 14.6. The first-order chi connectivity index (χ1) is 20.8. The molecule has 0 saturated carbocycles. The number of fused-ring (bicyclic) bond motifs is 1. The lowest BCUT2D eigenvalue weighted by molar-refractivity contribution is -0.127. The minimum Gasteiger partial charge on any atom is -0.481 e. The number of aromatic nitrogens is 3. The first-order valence-electron chi connectivity index (χ1n) is 14.2. The molecule has 2 aliphatic rings. The number of ether oxygens (including phenoxy) is 1. The van der Waals surface area contributed by atoms with E-state index in [-0.39, 0.29) is 29.5 Å². The first kappa shape index (κ1) is 28.8. The summed E-state index contributed by atoms with van der Waals surface area (Å²) in [4.78, 5) is 47.3. The molecule has 222 valence electrons. The van der Waals surface area contributed by atoms with Crippen LogP contribution in [0.1, 0.15) is 30.4 Å². The molecule has 2 aliphatic heterocycles. The van der Waals surface area contributed by atoms with E-state index in [0.717, 1.165) is 28.7 Å². The van der Waals surface area contributed by atoms with Crippen LogP contribution >= 0.6 is 11.6 Å². The van der Waals surface area contributed by atoms with Gasteiger partial charge in [-0.3, -0.25) is 23.7 Å². The topological polar surface area (TPSA) is 144 Å². The normalized spacial score (nSPS) is 18.4. The minimum atomic E-state index is -0.377. The van der Waals surface area contributed by atoms with Gasteiger partial charge in [-0.15, -0.1) is 0 Å². The minimum absolute atomic E-state index is 0.0936. The van der Waals surface area contributed by atoms with Gasteiger partial charge in [-0.05, 0) is 36.6 Å². The molecule has 2 atom stereocenters. The van der Waals surface area contributed by atoms with Crippen molar-refractivity contribution in [1.82, 2.24) is 29.9 Å². The predicted molar refractivity (Wildman–Crippen MR) is 163 cm³/mol. The molecule has 4 N–H and O–H groups in total. The number of benzene rings is 1. The Morgan fingerprint density at radius 2 is 2.00 bits per heavy atom. The van der Waals surface area contributed by atoms with Gasteiger partial charge < -0.3 is 21.1 Å². The summed E-state index contributed by atoms with van der Waals surface area (Å²) in [5.74, 6) is 0.209. The van der Waals surface area contributed by atoms with Gasteiger partial charge in [0.25, 0.3) is 5.56 Å². The summed E-state index contributed by atoms with van der Waals surface area (Å²) in [6.07, 6.45) is 5.35. The van der Waals surface area contributed by atoms with Crippen molar-refractivity contribution < 1.29 is 14.3 Å². The van der Waals surface area contributed by atoms with E-state index in [1.54, 1.807) is 19.5 Å². The monoisotopic (exact) mass is 601 g/mol. The lowest BCUT2D eigenvalue weighted by atomic mass is 10.0. The van der Waals surface area contributed by atoms with Crippen LogP contribution in [-0.4, -0.2) is 63.4 Å². The highest BCUT2D eigenvalue weighted by Gasteiger charge is 2.33. The Balaban J connectivity index is 1.22. The van der Waals surface area contributed by atoms with Crippen molar-refractivity contribution in [2.45, 2.75) is 44.4 Å². The molecule has 0 aliphatic carbocycles. The van der Waals surface area contributed by atoms with Gasteiger partial charge in [-0.25, -0.2) is 9.97 Å². The van der Waals surface area contributed by atoms with Crippen LogP contribution in [0.5, 0.6) is 5.88 Å². The Morgan fingerprint density at radius 1 is 1.16 bits per heavy atom. The molecule has 11 nitrogen and oxygen atoms in total. The third-order valence-electron chi connectivity index (χ3n) is 8.12. The number of halogens is 1. The molecule has 0 bridgehead atoms. The Hall–Kier alpha value is -4.32. The number of hydrogen-bond acceptors (Lipinski definition) is 8. The van der Waals surface area contributed by atoms with E-state index in [9.17, 15) is 14.4 Å². The second kappa shape index (κ2) is 12.1. The van der Waals surface area contributed by atoms with E-state index in [4.69, 9.17) is 27.1 Å². The summed E-state index contributed by atoms with van der Waals surface area (Å²) in [5.41, 5.74) is 10.1. The SMILES string of the molecule is COc1nc(-c2cccc(-c3ccn4c(=O)c(CN5CCC5C(N)=O)cnc4c3)c2Cl)ccc1CNC[C@@H]1CCC(=O)N1. The number of nitrogens with zero attached hydrogens (tertiary/aromatic N) is 4. The van der Waals surface area contributed by atoms with Crippen molar-refractivity contribution in [3.63, 3.8) is 0 Å². The van der Waals surface area contributed by atoms with Crippen molar-refractivity contribution in [1.29, 1.82) is 0 Å². The lowest BCUT2D eigenvalue weighted by Gasteiger charge is -2.38. The maximum Gasteiger partial charge on any atom is 0.262 e. The number of pyridine rings is 2. The van der Waals surface area contributed by atoms with Crippen LogP contribution in [0.2, 0.25) is 5.02 Å². The Bertz CT molecular complexity index is 1780. The van der Waals surface area contributed by atoms with Crippen molar-refractivity contribution in [2.24, 2.45) is 5.73 Å². The predicted octanol–water partition coefficient (Wildman–Crippen LogP) is 2.51. The number of nitrogens with two attached hydrogens (primary N) is 1. The molecule has 12 heteroatoms. The number of nitrogens with one attached hydrogen (secondary N) is 2. The van der Waals surface area contributed by atoms with Crippen molar-refractivity contribution >= 4 is 29.1 Å². The highest BCUT2D eigenvalue weighted by atomic mass is 35.5. The number of primary amides is 1. The van der Waals surface area contributed by atoms with Crippen molar-refractivity contribution in [3.05, 3.63) is 81.4 Å². The number of carbonyl (C=O) groups excluding carboxylic acids is 2. The fourth-order valence-corrected chi connectivity index (χ4v) is 5.99. The molecule has 4 aromatic rings. The largest absolute Gasteiger partial charge is 0.481 e. The van der Waals surface area contributed by atoms with Gasteiger partial charge in [0.2, 0.25) is 17.7 Å². The average Bonchev–Trinajstić information content (AvgIpc) is 3.40. The fourth-order valence-electron chi connectivity index (χ4n) is 5.65. The van der Waals surface area contributed by atoms with E-state index in [1.165, 1.54) is 4.40 Å². The number of carbonyl (C=O) groups is 2. The number of methoxy groups -OCH3 is 1. The molecular weight excluding hydrogens is 570 g/mol. The van der Waals surface area contributed by atoms with Crippen LogP contribution in [0.25, 0.3) is 28.0 Å². The maximum atomic E-state index is 13.2. The van der Waals surface area contributed by atoms with Crippen LogP contribution in [0, 0.1) is 0 Å². The Labute approximate surface area is 253 Å². The molecule has 1 aromatic carbocycles. The second-order valence-electron chi connectivity index (χ2n) is 10.9. The molecule has 43 heavy (non-hydrogen) atoms. The van der Waals surface area contributed by atoms with Gasteiger partial charge in [0.05, 0.1) is 29.4 Å². The molecule has 2 saturated heterocycles. The molecule has 0 radical (unpaired) electrons. The van der Waals surface area contributed by atoms with Crippen LogP contribution in [0.4, 0.5) is 0 Å². The van der Waals surface area contributed by atoms with Crippen LogP contribution < -0.4 is 26.7 Å². The van der Waals surface area contributed by atoms with Gasteiger partial charge in [-0.1, -0.05) is 35.9 Å². The summed E-state index contributed by atoms with van der Waals surface area (Å²) >= 11 is 6.95. The lowest BCUT2D eigenvalue weighted by Crippen LogP contribution is -2.54.